The van der Waals surface area contributed by atoms with Gasteiger partial charge in [0, 0.05) is 6.54 Å². The van der Waals surface area contributed by atoms with E-state index < -0.39 is 5.82 Å². The summed E-state index contributed by atoms with van der Waals surface area (Å²) in [7, 11) is 0. The third-order valence-electron chi connectivity index (χ3n) is 2.53. The van der Waals surface area contributed by atoms with Gasteiger partial charge in [0.15, 0.2) is 0 Å². The number of carbonyl (C=O) groups excluding carboxylic acids is 1. The number of nitrogens with zero attached hydrogens (tertiary/aromatic N) is 2. The van der Waals surface area contributed by atoms with Gasteiger partial charge in [-0.3, -0.25) is 4.79 Å². The van der Waals surface area contributed by atoms with E-state index in [1.807, 2.05) is 0 Å². The molecule has 2 rings (SSSR count). The van der Waals surface area contributed by atoms with Gasteiger partial charge in [-0.15, -0.1) is 0 Å². The number of hydrogen-bond donors (Lipinski definition) is 0. The fourth-order valence-electron chi connectivity index (χ4n) is 1.73. The Morgan fingerprint density at radius 2 is 2.31 bits per heavy atom. The van der Waals surface area contributed by atoms with Crippen molar-refractivity contribution in [1.29, 1.82) is 5.26 Å². The lowest BCUT2D eigenvalue weighted by Crippen LogP contribution is -2.28. The molecule has 1 heterocycles. The van der Waals surface area contributed by atoms with Gasteiger partial charge in [0.05, 0.1) is 10.5 Å². The average Bonchev–Trinajstić information content (AvgIpc) is 2.59. The van der Waals surface area contributed by atoms with Gasteiger partial charge in [0.25, 0.3) is 0 Å². The molecule has 1 aromatic carbocycles. The summed E-state index contributed by atoms with van der Waals surface area (Å²) in [5.74, 6) is -0.715. The summed E-state index contributed by atoms with van der Waals surface area (Å²) in [6.45, 7) is 0.507. The summed E-state index contributed by atoms with van der Waals surface area (Å²) in [6, 6.07) is 6.10. The van der Waals surface area contributed by atoms with Crippen molar-refractivity contribution in [3.05, 3.63) is 29.6 Å². The number of nitriles is 1. The number of carbonyl (C=O) groups is 1. The summed E-state index contributed by atoms with van der Waals surface area (Å²) in [5, 5.41) is 8.87. The van der Waals surface area contributed by atoms with Crippen molar-refractivity contribution in [2.75, 3.05) is 11.4 Å². The van der Waals surface area contributed by atoms with E-state index in [4.69, 9.17) is 5.26 Å². The van der Waals surface area contributed by atoms with Crippen LogP contribution in [0.15, 0.2) is 18.2 Å². The van der Waals surface area contributed by atoms with Crippen LogP contribution in [0.25, 0.3) is 0 Å². The van der Waals surface area contributed by atoms with Crippen LogP contribution in [0.3, 0.4) is 0 Å². The lowest BCUT2D eigenvalue weighted by atomic mass is 10.1. The molecule has 1 aliphatic heterocycles. The molecular formula is C11H8BrFN2O. The summed E-state index contributed by atoms with van der Waals surface area (Å²) >= 11 is 3.24. The van der Waals surface area contributed by atoms with Crippen LogP contribution in [-0.4, -0.2) is 17.3 Å². The highest BCUT2D eigenvalue weighted by Crippen LogP contribution is 2.29. The van der Waals surface area contributed by atoms with Crippen molar-refractivity contribution in [2.45, 2.75) is 11.2 Å². The van der Waals surface area contributed by atoms with Crippen LogP contribution in [0.2, 0.25) is 0 Å². The fourth-order valence-corrected chi connectivity index (χ4v) is 2.18. The molecule has 1 saturated heterocycles. The molecule has 0 spiro atoms. The number of alkyl halides is 1. The van der Waals surface area contributed by atoms with Gasteiger partial charge in [0.2, 0.25) is 5.91 Å². The van der Waals surface area contributed by atoms with Gasteiger partial charge in [-0.25, -0.2) is 4.39 Å². The lowest BCUT2D eigenvalue weighted by Gasteiger charge is -2.17. The van der Waals surface area contributed by atoms with Crippen molar-refractivity contribution < 1.29 is 9.18 Å². The molecule has 1 aliphatic rings. The molecule has 1 amide bonds. The van der Waals surface area contributed by atoms with Crippen LogP contribution in [0, 0.1) is 17.1 Å². The van der Waals surface area contributed by atoms with Gasteiger partial charge in [-0.05, 0) is 18.6 Å². The Labute approximate surface area is 101 Å². The second-order valence-corrected chi connectivity index (χ2v) is 4.60. The smallest absolute Gasteiger partial charge is 0.240 e. The third kappa shape index (κ3) is 1.69. The molecule has 1 aromatic rings. The minimum absolute atomic E-state index is 0.0718. The van der Waals surface area contributed by atoms with Crippen LogP contribution in [0.4, 0.5) is 10.1 Å². The minimum Gasteiger partial charge on any atom is -0.310 e. The fraction of sp³-hybridized carbons (Fsp3) is 0.273. The SMILES string of the molecule is N#Cc1c(F)cccc1N1CCC(Br)C1=O. The first kappa shape index (κ1) is 11.1. The summed E-state index contributed by atoms with van der Waals surface area (Å²) in [4.78, 5) is 12.9. The predicted molar refractivity (Wildman–Crippen MR) is 60.8 cm³/mol. The molecule has 0 N–H and O–H groups in total. The Morgan fingerprint density at radius 3 is 2.88 bits per heavy atom. The first-order valence-corrected chi connectivity index (χ1v) is 5.70. The maximum absolute atomic E-state index is 13.4. The molecular weight excluding hydrogens is 275 g/mol. The van der Waals surface area contributed by atoms with Crippen LogP contribution < -0.4 is 4.90 Å². The van der Waals surface area contributed by atoms with E-state index in [0.29, 0.717) is 18.7 Å². The molecule has 0 bridgehead atoms. The number of halogens is 2. The van der Waals surface area contributed by atoms with Crippen LogP contribution in [0.5, 0.6) is 0 Å². The molecule has 1 atom stereocenters. The Kier molecular flexibility index (Phi) is 2.92. The standard InChI is InChI=1S/C11H8BrFN2O/c12-8-4-5-15(11(8)16)10-3-1-2-9(13)7(10)6-14/h1-3,8H,4-5H2. The summed E-state index contributed by atoms with van der Waals surface area (Å²) in [6.07, 6.45) is 0.667. The first-order chi connectivity index (χ1) is 7.65. The second kappa shape index (κ2) is 4.22. The lowest BCUT2D eigenvalue weighted by molar-refractivity contribution is -0.116. The molecule has 5 heteroatoms. The van der Waals surface area contributed by atoms with E-state index >= 15 is 0 Å². The molecule has 82 valence electrons. The van der Waals surface area contributed by atoms with Crippen LogP contribution >= 0.6 is 15.9 Å². The molecule has 16 heavy (non-hydrogen) atoms. The van der Waals surface area contributed by atoms with E-state index in [9.17, 15) is 9.18 Å². The van der Waals surface area contributed by atoms with Crippen molar-refractivity contribution in [2.24, 2.45) is 0 Å². The molecule has 0 aromatic heterocycles. The van der Waals surface area contributed by atoms with Crippen LogP contribution in [-0.2, 0) is 4.79 Å². The highest BCUT2D eigenvalue weighted by molar-refractivity contribution is 9.10. The zero-order valence-corrected chi connectivity index (χ0v) is 9.87. The summed E-state index contributed by atoms with van der Waals surface area (Å²) < 4.78 is 13.4. The van der Waals surface area contributed by atoms with Gasteiger partial charge < -0.3 is 4.90 Å². The van der Waals surface area contributed by atoms with Crippen molar-refractivity contribution in [3.8, 4) is 6.07 Å². The van der Waals surface area contributed by atoms with Gasteiger partial charge in [-0.2, -0.15) is 5.26 Å². The maximum Gasteiger partial charge on any atom is 0.240 e. The van der Waals surface area contributed by atoms with Gasteiger partial charge in [-0.1, -0.05) is 22.0 Å². The Morgan fingerprint density at radius 1 is 1.56 bits per heavy atom. The number of amides is 1. The number of anilines is 1. The topological polar surface area (TPSA) is 44.1 Å². The Balaban J connectivity index is 2.46. The van der Waals surface area contributed by atoms with E-state index in [0.717, 1.165) is 0 Å². The molecule has 0 aliphatic carbocycles. The highest BCUT2D eigenvalue weighted by atomic mass is 79.9. The third-order valence-corrected chi connectivity index (χ3v) is 3.38. The summed E-state index contributed by atoms with van der Waals surface area (Å²) in [5.41, 5.74) is 0.284. The van der Waals surface area contributed by atoms with E-state index in [2.05, 4.69) is 15.9 Å². The van der Waals surface area contributed by atoms with Crippen molar-refractivity contribution in [1.82, 2.24) is 0 Å². The van der Waals surface area contributed by atoms with Crippen molar-refractivity contribution in [3.63, 3.8) is 0 Å². The van der Waals surface area contributed by atoms with E-state index in [1.54, 1.807) is 12.1 Å². The monoisotopic (exact) mass is 282 g/mol. The molecule has 0 saturated carbocycles. The number of hydrogen-bond acceptors (Lipinski definition) is 2. The highest BCUT2D eigenvalue weighted by Gasteiger charge is 2.32. The zero-order valence-electron chi connectivity index (χ0n) is 8.28. The number of rotatable bonds is 1. The van der Waals surface area contributed by atoms with Gasteiger partial charge in [0.1, 0.15) is 17.4 Å². The van der Waals surface area contributed by atoms with E-state index in [1.165, 1.54) is 17.0 Å². The molecule has 0 radical (unpaired) electrons. The normalized spacial score (nSPS) is 19.9. The number of benzene rings is 1. The van der Waals surface area contributed by atoms with Crippen molar-refractivity contribution >= 4 is 27.5 Å². The molecule has 1 fully saturated rings. The predicted octanol–water partition coefficient (Wildman–Crippen LogP) is 2.20. The molecule has 1 unspecified atom stereocenters. The Bertz CT molecular complexity index is 483. The Hall–Kier alpha value is -1.41. The second-order valence-electron chi connectivity index (χ2n) is 3.49. The minimum atomic E-state index is -0.592. The zero-order chi connectivity index (χ0) is 11.7. The van der Waals surface area contributed by atoms with Gasteiger partial charge >= 0.3 is 0 Å². The average molecular weight is 283 g/mol. The van der Waals surface area contributed by atoms with E-state index in [-0.39, 0.29) is 16.3 Å². The largest absolute Gasteiger partial charge is 0.310 e. The first-order valence-electron chi connectivity index (χ1n) is 4.79. The molecule has 3 nitrogen and oxygen atoms in total. The maximum atomic E-state index is 13.4. The van der Waals surface area contributed by atoms with Crippen LogP contribution in [0.1, 0.15) is 12.0 Å². The quantitative estimate of drug-likeness (QED) is 0.742.